The SMILES string of the molecule is CN(C)C(=O)Oc1cccc([N+](C)(C)C[18F])c1. The molecule has 0 unspecified atom stereocenters. The van der Waals surface area contributed by atoms with E-state index in [9.17, 15) is 9.18 Å². The van der Waals surface area contributed by atoms with Crippen LogP contribution in [-0.4, -0.2) is 46.0 Å². The van der Waals surface area contributed by atoms with Gasteiger partial charge in [0.1, 0.15) is 11.4 Å². The number of halogens is 1. The topological polar surface area (TPSA) is 29.5 Å². The van der Waals surface area contributed by atoms with Crippen LogP contribution in [0.5, 0.6) is 5.75 Å². The lowest BCUT2D eigenvalue weighted by molar-refractivity contribution is 0.171. The highest BCUT2D eigenvalue weighted by Crippen LogP contribution is 2.24. The summed E-state index contributed by atoms with van der Waals surface area (Å²) in [5.74, 6) is 0.417. The summed E-state index contributed by atoms with van der Waals surface area (Å²) in [6.07, 6.45) is -0.451. The zero-order valence-corrected chi connectivity index (χ0v) is 10.6. The number of rotatable bonds is 3. The van der Waals surface area contributed by atoms with Crippen molar-refractivity contribution in [3.63, 3.8) is 0 Å². The van der Waals surface area contributed by atoms with Gasteiger partial charge in [0.25, 0.3) is 0 Å². The predicted molar refractivity (Wildman–Crippen MR) is 65.8 cm³/mol. The summed E-state index contributed by atoms with van der Waals surface area (Å²) < 4.78 is 18.0. The fourth-order valence-corrected chi connectivity index (χ4v) is 1.18. The van der Waals surface area contributed by atoms with E-state index in [1.54, 1.807) is 52.5 Å². The molecule has 1 amide bonds. The molecular formula is C12H18FN2O2+. The van der Waals surface area contributed by atoms with Gasteiger partial charge in [-0.3, -0.25) is 4.48 Å². The number of amides is 1. The lowest BCUT2D eigenvalue weighted by atomic mass is 10.2. The van der Waals surface area contributed by atoms with Crippen LogP contribution < -0.4 is 9.22 Å². The Morgan fingerprint density at radius 3 is 2.59 bits per heavy atom. The molecule has 5 heteroatoms. The summed E-state index contributed by atoms with van der Waals surface area (Å²) in [7, 11) is 6.70. The number of carbonyl (C=O) groups excluding carboxylic acids is 1. The molecule has 0 atom stereocenters. The fourth-order valence-electron chi connectivity index (χ4n) is 1.18. The molecule has 0 saturated heterocycles. The van der Waals surface area contributed by atoms with Crippen molar-refractivity contribution in [3.8, 4) is 5.75 Å². The molecule has 0 bridgehead atoms. The molecule has 1 rings (SSSR count). The minimum Gasteiger partial charge on any atom is -0.410 e. The number of carbonyl (C=O) groups is 1. The van der Waals surface area contributed by atoms with Crippen molar-refractivity contribution < 1.29 is 13.9 Å². The summed E-state index contributed by atoms with van der Waals surface area (Å²) in [6.45, 7) is -0.523. The van der Waals surface area contributed by atoms with E-state index in [0.29, 0.717) is 5.75 Å². The van der Waals surface area contributed by atoms with Gasteiger partial charge in [-0.15, -0.1) is 0 Å². The van der Waals surface area contributed by atoms with Gasteiger partial charge in [0.2, 0.25) is 6.80 Å². The van der Waals surface area contributed by atoms with Gasteiger partial charge in [-0.25, -0.2) is 4.79 Å². The number of nitrogens with zero attached hydrogens (tertiary/aromatic N) is 2. The van der Waals surface area contributed by atoms with Crippen LogP contribution in [0.2, 0.25) is 0 Å². The van der Waals surface area contributed by atoms with Crippen molar-refractivity contribution >= 4 is 11.8 Å². The standard InChI is InChI=1S/C12H18FN2O2/c1-14(2)12(16)17-11-7-5-6-10(8-11)15(3,4)9-13/h5-8H,9H2,1-4H3/q+1/i13-1. The van der Waals surface area contributed by atoms with Crippen LogP contribution in [0.1, 0.15) is 0 Å². The van der Waals surface area contributed by atoms with E-state index in [2.05, 4.69) is 0 Å². The maximum Gasteiger partial charge on any atom is 0.414 e. The molecular weight excluding hydrogens is 222 g/mol. The molecule has 94 valence electrons. The Kier molecular flexibility index (Phi) is 4.07. The van der Waals surface area contributed by atoms with Crippen LogP contribution in [0.4, 0.5) is 14.9 Å². The van der Waals surface area contributed by atoms with Gasteiger partial charge in [-0.05, 0) is 12.1 Å². The molecule has 0 aliphatic heterocycles. The van der Waals surface area contributed by atoms with E-state index < -0.39 is 12.9 Å². The summed E-state index contributed by atoms with van der Waals surface area (Å²) in [4.78, 5) is 12.7. The molecule has 1 aromatic carbocycles. The van der Waals surface area contributed by atoms with Crippen molar-refractivity contribution in [1.29, 1.82) is 0 Å². The first kappa shape index (κ1) is 13.4. The van der Waals surface area contributed by atoms with Crippen LogP contribution in [-0.2, 0) is 0 Å². The Bertz CT molecular complexity index is 405. The maximum atomic E-state index is 12.8. The first-order valence-corrected chi connectivity index (χ1v) is 5.25. The van der Waals surface area contributed by atoms with Gasteiger partial charge >= 0.3 is 6.09 Å². The Balaban J connectivity index is 2.90. The first-order valence-electron chi connectivity index (χ1n) is 5.25. The zero-order valence-electron chi connectivity index (χ0n) is 10.6. The Morgan fingerprint density at radius 2 is 2.06 bits per heavy atom. The quantitative estimate of drug-likeness (QED) is 0.599. The lowest BCUT2D eigenvalue weighted by Crippen LogP contribution is -2.39. The van der Waals surface area contributed by atoms with Gasteiger partial charge < -0.3 is 9.64 Å². The number of ether oxygens (including phenoxy) is 1. The van der Waals surface area contributed by atoms with Gasteiger partial charge in [-0.2, -0.15) is 4.39 Å². The molecule has 0 fully saturated rings. The highest BCUT2D eigenvalue weighted by molar-refractivity contribution is 5.70. The summed E-state index contributed by atoms with van der Waals surface area (Å²) in [6, 6.07) is 6.87. The smallest absolute Gasteiger partial charge is 0.410 e. The molecule has 0 saturated carbocycles. The van der Waals surface area contributed by atoms with E-state index in [0.717, 1.165) is 5.69 Å². The largest absolute Gasteiger partial charge is 0.414 e. The van der Waals surface area contributed by atoms with E-state index in [4.69, 9.17) is 4.74 Å². The third-order valence-electron chi connectivity index (χ3n) is 2.39. The Labute approximate surface area is 101 Å². The summed E-state index contributed by atoms with van der Waals surface area (Å²) in [5, 5.41) is 0. The van der Waals surface area contributed by atoms with Gasteiger partial charge in [0.15, 0.2) is 0 Å². The van der Waals surface area contributed by atoms with Crippen LogP contribution in [0, 0.1) is 0 Å². The van der Waals surface area contributed by atoms with E-state index in [1.165, 1.54) is 4.90 Å². The molecule has 0 spiro atoms. The minimum atomic E-state index is -0.523. The van der Waals surface area contributed by atoms with Gasteiger partial charge in [0, 0.05) is 20.2 Å². The molecule has 17 heavy (non-hydrogen) atoms. The fraction of sp³-hybridized carbons (Fsp3) is 0.417. The normalized spacial score (nSPS) is 11.1. The lowest BCUT2D eigenvalue weighted by Gasteiger charge is -2.25. The monoisotopic (exact) mass is 240 g/mol. The number of hydrogen-bond donors (Lipinski definition) is 0. The van der Waals surface area contributed by atoms with Crippen molar-refractivity contribution in [2.45, 2.75) is 0 Å². The average molecular weight is 240 g/mol. The molecule has 0 aliphatic rings. The third kappa shape index (κ3) is 3.42. The second kappa shape index (κ2) is 5.14. The molecule has 4 nitrogen and oxygen atoms in total. The molecule has 0 aliphatic carbocycles. The van der Waals surface area contributed by atoms with Crippen LogP contribution >= 0.6 is 0 Å². The number of hydrogen-bond acceptors (Lipinski definition) is 2. The second-order valence-electron chi connectivity index (χ2n) is 4.56. The van der Waals surface area contributed by atoms with Crippen molar-refractivity contribution in [2.24, 2.45) is 0 Å². The minimum absolute atomic E-state index is 0.0906. The molecule has 1 aromatic rings. The van der Waals surface area contributed by atoms with Gasteiger partial charge in [-0.1, -0.05) is 6.07 Å². The van der Waals surface area contributed by atoms with Crippen molar-refractivity contribution in [1.82, 2.24) is 9.38 Å². The first-order chi connectivity index (χ1) is 7.86. The highest BCUT2D eigenvalue weighted by atomic mass is 18.2. The maximum absolute atomic E-state index is 12.8. The summed E-state index contributed by atoms with van der Waals surface area (Å²) >= 11 is 0. The molecule has 0 N–H and O–H groups in total. The Morgan fingerprint density at radius 1 is 1.41 bits per heavy atom. The second-order valence-corrected chi connectivity index (χ2v) is 4.56. The van der Waals surface area contributed by atoms with Crippen LogP contribution in [0.15, 0.2) is 24.3 Å². The highest BCUT2D eigenvalue weighted by Gasteiger charge is 2.19. The van der Waals surface area contributed by atoms with Crippen molar-refractivity contribution in [3.05, 3.63) is 24.3 Å². The van der Waals surface area contributed by atoms with E-state index in [-0.39, 0.29) is 4.48 Å². The average Bonchev–Trinajstić information content (AvgIpc) is 2.29. The zero-order chi connectivity index (χ0) is 13.1. The molecule has 0 aromatic heterocycles. The number of quaternary nitrogens is 1. The van der Waals surface area contributed by atoms with E-state index in [1.807, 2.05) is 0 Å². The Hall–Kier alpha value is -1.62. The van der Waals surface area contributed by atoms with Crippen LogP contribution in [0.25, 0.3) is 0 Å². The third-order valence-corrected chi connectivity index (χ3v) is 2.39. The predicted octanol–water partition coefficient (Wildman–Crippen LogP) is 2.24. The van der Waals surface area contributed by atoms with Crippen molar-refractivity contribution in [2.75, 3.05) is 35.0 Å². The number of benzene rings is 1. The summed E-state index contributed by atoms with van der Waals surface area (Å²) in [5.41, 5.74) is 0.747. The number of alkyl halides is 1. The molecule has 0 heterocycles. The van der Waals surface area contributed by atoms with Gasteiger partial charge in [0.05, 0.1) is 14.1 Å². The van der Waals surface area contributed by atoms with E-state index >= 15 is 0 Å². The molecule has 0 radical (unpaired) electrons. The van der Waals surface area contributed by atoms with Crippen LogP contribution in [0.3, 0.4) is 0 Å².